The van der Waals surface area contributed by atoms with E-state index < -0.39 is 5.60 Å². The number of benzene rings is 1. The van der Waals surface area contributed by atoms with Crippen LogP contribution in [0.3, 0.4) is 0 Å². The van der Waals surface area contributed by atoms with Crippen molar-refractivity contribution < 1.29 is 14.3 Å². The first kappa shape index (κ1) is 13.9. The van der Waals surface area contributed by atoms with Crippen molar-refractivity contribution in [3.05, 3.63) is 53.8 Å². The number of ether oxygens (including phenoxy) is 2. The lowest BCUT2D eigenvalue weighted by Gasteiger charge is -2.33. The Morgan fingerprint density at radius 1 is 1.14 bits per heavy atom. The van der Waals surface area contributed by atoms with E-state index in [4.69, 9.17) is 9.47 Å². The highest BCUT2D eigenvalue weighted by molar-refractivity contribution is 5.86. The van der Waals surface area contributed by atoms with Crippen LogP contribution < -0.4 is 0 Å². The summed E-state index contributed by atoms with van der Waals surface area (Å²) in [6.07, 6.45) is 10.7. The van der Waals surface area contributed by atoms with Gasteiger partial charge in [0.2, 0.25) is 0 Å². The summed E-state index contributed by atoms with van der Waals surface area (Å²) in [6, 6.07) is 10.1. The fourth-order valence-corrected chi connectivity index (χ4v) is 3.04. The average Bonchev–Trinajstić information content (AvgIpc) is 2.81. The predicted molar refractivity (Wildman–Crippen MR) is 81.4 cm³/mol. The van der Waals surface area contributed by atoms with Gasteiger partial charge < -0.3 is 9.47 Å². The molecule has 1 aromatic carbocycles. The molecule has 0 radical (unpaired) electrons. The largest absolute Gasteiger partial charge is 0.489 e. The second-order valence-electron chi connectivity index (χ2n) is 5.61. The van der Waals surface area contributed by atoms with E-state index in [2.05, 4.69) is 0 Å². The number of esters is 1. The lowest BCUT2D eigenvalue weighted by Crippen LogP contribution is -2.35. The fraction of sp³-hybridized carbons (Fsp3) is 0.389. The molecule has 0 aromatic heterocycles. The molecule has 0 N–H and O–H groups in total. The van der Waals surface area contributed by atoms with Crippen molar-refractivity contribution in [2.45, 2.75) is 37.7 Å². The Kier molecular flexibility index (Phi) is 4.09. The van der Waals surface area contributed by atoms with Crippen LogP contribution in [0.25, 0.3) is 6.08 Å². The second kappa shape index (κ2) is 6.17. The summed E-state index contributed by atoms with van der Waals surface area (Å²) in [5, 5.41) is 0. The molecule has 110 valence electrons. The van der Waals surface area contributed by atoms with Gasteiger partial charge in [-0.25, -0.2) is 4.79 Å². The molecule has 0 unspecified atom stereocenters. The number of carbonyl (C=O) groups is 1. The smallest absolute Gasteiger partial charge is 0.335 e. The third-order valence-electron chi connectivity index (χ3n) is 4.10. The molecule has 1 saturated carbocycles. The predicted octanol–water partition coefficient (Wildman–Crippen LogP) is 3.86. The van der Waals surface area contributed by atoms with Crippen LogP contribution in [-0.4, -0.2) is 18.2 Å². The Morgan fingerprint density at radius 3 is 2.67 bits per heavy atom. The summed E-state index contributed by atoms with van der Waals surface area (Å²) in [6.45, 7) is 0.457. The van der Waals surface area contributed by atoms with Gasteiger partial charge in [-0.15, -0.1) is 0 Å². The van der Waals surface area contributed by atoms with Crippen molar-refractivity contribution in [3.8, 4) is 0 Å². The number of rotatable bonds is 4. The maximum absolute atomic E-state index is 11.6. The molecule has 1 aliphatic heterocycles. The quantitative estimate of drug-likeness (QED) is 0.788. The van der Waals surface area contributed by atoms with Crippen LogP contribution in [0.1, 0.15) is 37.7 Å². The van der Waals surface area contributed by atoms with Gasteiger partial charge in [0.15, 0.2) is 5.60 Å². The van der Waals surface area contributed by atoms with Crippen LogP contribution in [0, 0.1) is 0 Å². The molecule has 2 aliphatic rings. The third-order valence-corrected chi connectivity index (χ3v) is 4.10. The zero-order valence-electron chi connectivity index (χ0n) is 12.1. The van der Waals surface area contributed by atoms with Crippen molar-refractivity contribution in [1.29, 1.82) is 0 Å². The molecule has 3 nitrogen and oxygen atoms in total. The fourth-order valence-electron chi connectivity index (χ4n) is 3.04. The minimum atomic E-state index is -0.476. The summed E-state index contributed by atoms with van der Waals surface area (Å²) in [5.41, 5.74) is 0.664. The summed E-state index contributed by atoms with van der Waals surface area (Å²) >= 11 is 0. The molecule has 1 spiro atoms. The van der Waals surface area contributed by atoms with Gasteiger partial charge in [-0.05, 0) is 37.3 Å². The molecule has 21 heavy (non-hydrogen) atoms. The Morgan fingerprint density at radius 2 is 1.90 bits per heavy atom. The molecule has 0 saturated heterocycles. The summed E-state index contributed by atoms with van der Waals surface area (Å²) in [7, 11) is 0. The highest BCUT2D eigenvalue weighted by Crippen LogP contribution is 2.41. The van der Waals surface area contributed by atoms with Crippen LogP contribution in [0.4, 0.5) is 0 Å². The van der Waals surface area contributed by atoms with E-state index in [-0.39, 0.29) is 5.97 Å². The van der Waals surface area contributed by atoms with Gasteiger partial charge in [0.05, 0.1) is 6.08 Å². The Hall–Kier alpha value is -2.03. The minimum Gasteiger partial charge on any atom is -0.489 e. The van der Waals surface area contributed by atoms with E-state index >= 15 is 0 Å². The van der Waals surface area contributed by atoms with Crippen molar-refractivity contribution in [2.75, 3.05) is 6.61 Å². The Balaban J connectivity index is 1.60. The van der Waals surface area contributed by atoms with Crippen LogP contribution in [0.5, 0.6) is 0 Å². The number of carbonyl (C=O) groups excluding carboxylic acids is 1. The van der Waals surface area contributed by atoms with Crippen molar-refractivity contribution in [2.24, 2.45) is 0 Å². The minimum absolute atomic E-state index is 0.265. The van der Waals surface area contributed by atoms with Gasteiger partial charge in [0.1, 0.15) is 12.4 Å². The molecule has 3 rings (SSSR count). The molecule has 1 fully saturated rings. The van der Waals surface area contributed by atoms with Gasteiger partial charge in [-0.2, -0.15) is 0 Å². The molecular weight excluding hydrogens is 264 g/mol. The lowest BCUT2D eigenvalue weighted by molar-refractivity contribution is -0.150. The third kappa shape index (κ3) is 3.18. The molecule has 0 atom stereocenters. The SMILES string of the molecule is O=C1C=C(OC/C=C/c2ccccc2)C2(CCCCC2)O1. The van der Waals surface area contributed by atoms with Gasteiger partial charge in [0, 0.05) is 0 Å². The maximum Gasteiger partial charge on any atom is 0.335 e. The zero-order valence-corrected chi connectivity index (χ0v) is 12.1. The van der Waals surface area contributed by atoms with Crippen molar-refractivity contribution >= 4 is 12.0 Å². The lowest BCUT2D eigenvalue weighted by atomic mass is 9.84. The molecule has 0 amide bonds. The van der Waals surface area contributed by atoms with E-state index in [9.17, 15) is 4.79 Å². The normalized spacial score (nSPS) is 20.6. The standard InChI is InChI=1S/C18H20O3/c19-17-14-16(18(21-17)11-5-2-6-12-18)20-13-7-10-15-8-3-1-4-9-15/h1,3-4,7-10,14H,2,5-6,11-13H2/b10-7+. The van der Waals surface area contributed by atoms with E-state index in [1.165, 1.54) is 12.5 Å². The van der Waals surface area contributed by atoms with Gasteiger partial charge >= 0.3 is 5.97 Å². The Bertz CT molecular complexity index is 551. The topological polar surface area (TPSA) is 35.5 Å². The molecule has 1 aromatic rings. The zero-order chi connectivity index (χ0) is 14.5. The van der Waals surface area contributed by atoms with E-state index in [1.54, 1.807) is 0 Å². The van der Waals surface area contributed by atoms with E-state index in [0.29, 0.717) is 12.4 Å². The van der Waals surface area contributed by atoms with E-state index in [1.807, 2.05) is 42.5 Å². The van der Waals surface area contributed by atoms with Gasteiger partial charge in [-0.1, -0.05) is 42.8 Å². The first-order valence-corrected chi connectivity index (χ1v) is 7.58. The molecule has 1 aliphatic carbocycles. The summed E-state index contributed by atoms with van der Waals surface area (Å²) in [4.78, 5) is 11.6. The van der Waals surface area contributed by atoms with Crippen LogP contribution in [0.2, 0.25) is 0 Å². The summed E-state index contributed by atoms with van der Waals surface area (Å²) < 4.78 is 11.4. The maximum atomic E-state index is 11.6. The number of hydrogen-bond acceptors (Lipinski definition) is 3. The Labute approximate surface area is 125 Å². The molecule has 1 heterocycles. The molecular formula is C18H20O3. The monoisotopic (exact) mass is 284 g/mol. The van der Waals surface area contributed by atoms with E-state index in [0.717, 1.165) is 31.2 Å². The van der Waals surface area contributed by atoms with Crippen LogP contribution >= 0.6 is 0 Å². The summed E-state index contributed by atoms with van der Waals surface area (Å²) in [5.74, 6) is 0.448. The van der Waals surface area contributed by atoms with Crippen LogP contribution in [-0.2, 0) is 14.3 Å². The average molecular weight is 284 g/mol. The molecule has 3 heteroatoms. The highest BCUT2D eigenvalue weighted by Gasteiger charge is 2.45. The van der Waals surface area contributed by atoms with Crippen LogP contribution in [0.15, 0.2) is 48.2 Å². The first-order chi connectivity index (χ1) is 10.3. The van der Waals surface area contributed by atoms with Gasteiger partial charge in [-0.3, -0.25) is 0 Å². The second-order valence-corrected chi connectivity index (χ2v) is 5.61. The van der Waals surface area contributed by atoms with Gasteiger partial charge in [0.25, 0.3) is 0 Å². The van der Waals surface area contributed by atoms with Crippen molar-refractivity contribution in [1.82, 2.24) is 0 Å². The number of hydrogen-bond donors (Lipinski definition) is 0. The highest BCUT2D eigenvalue weighted by atomic mass is 16.6. The van der Waals surface area contributed by atoms with Crippen molar-refractivity contribution in [3.63, 3.8) is 0 Å². The first-order valence-electron chi connectivity index (χ1n) is 7.58. The molecule has 0 bridgehead atoms.